The fourth-order valence-electron chi connectivity index (χ4n) is 3.63. The molecule has 3 aromatic rings. The predicted octanol–water partition coefficient (Wildman–Crippen LogP) is 2.90. The zero-order valence-corrected chi connectivity index (χ0v) is 17.0. The SMILES string of the molecule is COc1cc(NC(=O)C2CN(C(=O)c3c[nH]c4ccccc34)C2)cc(OC)c1OC. The van der Waals surface area contributed by atoms with Gasteiger partial charge in [-0.15, -0.1) is 0 Å². The van der Waals surface area contributed by atoms with Gasteiger partial charge in [0.2, 0.25) is 11.7 Å². The number of rotatable bonds is 6. The normalized spacial score (nSPS) is 13.6. The van der Waals surface area contributed by atoms with Crippen molar-refractivity contribution in [1.29, 1.82) is 0 Å². The number of nitrogens with zero attached hydrogens (tertiary/aromatic N) is 1. The van der Waals surface area contributed by atoms with Crippen molar-refractivity contribution >= 4 is 28.4 Å². The molecule has 2 aromatic carbocycles. The fraction of sp³-hybridized carbons (Fsp3) is 0.273. The molecule has 30 heavy (non-hydrogen) atoms. The smallest absolute Gasteiger partial charge is 0.256 e. The highest BCUT2D eigenvalue weighted by molar-refractivity contribution is 6.07. The van der Waals surface area contributed by atoms with Gasteiger partial charge in [0, 0.05) is 48.0 Å². The summed E-state index contributed by atoms with van der Waals surface area (Å²) in [6.45, 7) is 0.739. The van der Waals surface area contributed by atoms with E-state index in [0.717, 1.165) is 10.9 Å². The van der Waals surface area contributed by atoms with Gasteiger partial charge in [0.25, 0.3) is 5.91 Å². The van der Waals surface area contributed by atoms with Crippen LogP contribution < -0.4 is 19.5 Å². The molecule has 8 heteroatoms. The second kappa shape index (κ2) is 7.98. The lowest BCUT2D eigenvalue weighted by Crippen LogP contribution is -2.54. The number of aromatic amines is 1. The van der Waals surface area contributed by atoms with Gasteiger partial charge in [0.15, 0.2) is 11.5 Å². The molecule has 0 aliphatic carbocycles. The molecule has 8 nitrogen and oxygen atoms in total. The molecule has 2 amide bonds. The molecule has 0 bridgehead atoms. The summed E-state index contributed by atoms with van der Waals surface area (Å²) in [5.74, 6) is 0.848. The summed E-state index contributed by atoms with van der Waals surface area (Å²) in [6.07, 6.45) is 1.72. The number of hydrogen-bond acceptors (Lipinski definition) is 5. The molecule has 0 atom stereocenters. The van der Waals surface area contributed by atoms with E-state index in [2.05, 4.69) is 10.3 Å². The van der Waals surface area contributed by atoms with Crippen molar-refractivity contribution in [2.45, 2.75) is 0 Å². The molecule has 0 saturated carbocycles. The number of aromatic nitrogens is 1. The van der Waals surface area contributed by atoms with E-state index >= 15 is 0 Å². The summed E-state index contributed by atoms with van der Waals surface area (Å²) in [5.41, 5.74) is 2.07. The van der Waals surface area contributed by atoms with Gasteiger partial charge in [-0.2, -0.15) is 0 Å². The van der Waals surface area contributed by atoms with Gasteiger partial charge in [-0.05, 0) is 6.07 Å². The number of fused-ring (bicyclic) bond motifs is 1. The maximum Gasteiger partial charge on any atom is 0.256 e. The summed E-state index contributed by atoms with van der Waals surface area (Å²) in [6, 6.07) is 11.0. The Morgan fingerprint density at radius 3 is 2.33 bits per heavy atom. The standard InChI is InChI=1S/C22H23N3O5/c1-28-18-8-14(9-19(29-2)20(18)30-3)24-21(26)13-11-25(12-13)22(27)16-10-23-17-7-5-4-6-15(16)17/h4-10,13,23H,11-12H2,1-3H3,(H,24,26). The molecule has 1 saturated heterocycles. The lowest BCUT2D eigenvalue weighted by atomic mass is 9.97. The quantitative estimate of drug-likeness (QED) is 0.653. The van der Waals surface area contributed by atoms with Crippen molar-refractivity contribution in [2.75, 3.05) is 39.7 Å². The van der Waals surface area contributed by atoms with Crippen molar-refractivity contribution in [1.82, 2.24) is 9.88 Å². The van der Waals surface area contributed by atoms with Crippen LogP contribution in [0.5, 0.6) is 17.2 Å². The average Bonchev–Trinajstić information content (AvgIpc) is 3.16. The van der Waals surface area contributed by atoms with Crippen LogP contribution in [0.1, 0.15) is 10.4 Å². The minimum absolute atomic E-state index is 0.0794. The van der Waals surface area contributed by atoms with Crippen molar-refractivity contribution in [3.05, 3.63) is 48.2 Å². The van der Waals surface area contributed by atoms with Crippen LogP contribution in [-0.2, 0) is 4.79 Å². The van der Waals surface area contributed by atoms with E-state index in [4.69, 9.17) is 14.2 Å². The first-order chi connectivity index (χ1) is 14.5. The lowest BCUT2D eigenvalue weighted by molar-refractivity contribution is -0.123. The van der Waals surface area contributed by atoms with Gasteiger partial charge >= 0.3 is 0 Å². The highest BCUT2D eigenvalue weighted by Crippen LogP contribution is 2.40. The van der Waals surface area contributed by atoms with E-state index in [-0.39, 0.29) is 17.7 Å². The van der Waals surface area contributed by atoms with E-state index in [1.807, 2.05) is 24.3 Å². The van der Waals surface area contributed by atoms with Crippen LogP contribution in [0.15, 0.2) is 42.6 Å². The molecule has 156 valence electrons. The second-order valence-electron chi connectivity index (χ2n) is 7.06. The van der Waals surface area contributed by atoms with Crippen LogP contribution in [0, 0.1) is 5.92 Å². The summed E-state index contributed by atoms with van der Waals surface area (Å²) in [7, 11) is 4.55. The number of ether oxygens (including phenoxy) is 3. The van der Waals surface area contributed by atoms with Gasteiger partial charge in [-0.3, -0.25) is 9.59 Å². The van der Waals surface area contributed by atoms with E-state index in [1.165, 1.54) is 21.3 Å². The number of benzene rings is 2. The molecule has 0 radical (unpaired) electrons. The van der Waals surface area contributed by atoms with Crippen LogP contribution in [0.4, 0.5) is 5.69 Å². The Kier molecular flexibility index (Phi) is 5.22. The van der Waals surface area contributed by atoms with Crippen LogP contribution in [0.25, 0.3) is 10.9 Å². The molecule has 1 aromatic heterocycles. The van der Waals surface area contributed by atoms with Crippen LogP contribution >= 0.6 is 0 Å². The van der Waals surface area contributed by atoms with Crippen molar-refractivity contribution < 1.29 is 23.8 Å². The van der Waals surface area contributed by atoms with Crippen LogP contribution in [0.3, 0.4) is 0 Å². The maximum atomic E-state index is 12.8. The van der Waals surface area contributed by atoms with Crippen molar-refractivity contribution in [3.63, 3.8) is 0 Å². The molecule has 2 N–H and O–H groups in total. The second-order valence-corrected chi connectivity index (χ2v) is 7.06. The minimum atomic E-state index is -0.279. The number of hydrogen-bond donors (Lipinski definition) is 2. The Bertz CT molecular complexity index is 1080. The summed E-state index contributed by atoms with van der Waals surface area (Å²) in [5, 5.41) is 3.75. The van der Waals surface area contributed by atoms with Gasteiger partial charge in [0.05, 0.1) is 32.8 Å². The van der Waals surface area contributed by atoms with Gasteiger partial charge in [-0.1, -0.05) is 18.2 Å². The molecule has 4 rings (SSSR count). The Balaban J connectivity index is 1.42. The lowest BCUT2D eigenvalue weighted by Gasteiger charge is -2.38. The molecule has 1 fully saturated rings. The minimum Gasteiger partial charge on any atom is -0.493 e. The topological polar surface area (TPSA) is 92.9 Å². The van der Waals surface area contributed by atoms with E-state index < -0.39 is 0 Å². The Morgan fingerprint density at radius 2 is 1.70 bits per heavy atom. The number of carbonyl (C=O) groups is 2. The zero-order chi connectivity index (χ0) is 21.3. The largest absolute Gasteiger partial charge is 0.493 e. The molecular weight excluding hydrogens is 386 g/mol. The third kappa shape index (κ3) is 3.41. The first kappa shape index (κ1) is 19.6. The Labute approximate surface area is 173 Å². The highest BCUT2D eigenvalue weighted by Gasteiger charge is 2.36. The maximum absolute atomic E-state index is 12.8. The zero-order valence-electron chi connectivity index (χ0n) is 17.0. The number of likely N-dealkylation sites (tertiary alicyclic amines) is 1. The monoisotopic (exact) mass is 409 g/mol. The van der Waals surface area contributed by atoms with Gasteiger partial charge in [0.1, 0.15) is 0 Å². The number of methoxy groups -OCH3 is 3. The first-order valence-electron chi connectivity index (χ1n) is 9.52. The van der Waals surface area contributed by atoms with Crippen molar-refractivity contribution in [2.24, 2.45) is 5.92 Å². The molecule has 1 aliphatic heterocycles. The summed E-state index contributed by atoms with van der Waals surface area (Å²) in [4.78, 5) is 30.2. The third-order valence-electron chi connectivity index (χ3n) is 5.29. The molecule has 0 spiro atoms. The predicted molar refractivity (Wildman–Crippen MR) is 112 cm³/mol. The average molecular weight is 409 g/mol. The van der Waals surface area contributed by atoms with E-state index in [1.54, 1.807) is 23.2 Å². The van der Waals surface area contributed by atoms with Crippen LogP contribution in [0.2, 0.25) is 0 Å². The summed E-state index contributed by atoms with van der Waals surface area (Å²) < 4.78 is 15.9. The number of nitrogens with one attached hydrogen (secondary N) is 2. The third-order valence-corrected chi connectivity index (χ3v) is 5.29. The van der Waals surface area contributed by atoms with E-state index in [0.29, 0.717) is 41.6 Å². The number of anilines is 1. The Morgan fingerprint density at radius 1 is 1.03 bits per heavy atom. The van der Waals surface area contributed by atoms with Gasteiger partial charge in [-0.25, -0.2) is 0 Å². The first-order valence-corrected chi connectivity index (χ1v) is 9.52. The molecule has 1 aliphatic rings. The Hall–Kier alpha value is -3.68. The number of carbonyl (C=O) groups excluding carboxylic acids is 2. The highest BCUT2D eigenvalue weighted by atomic mass is 16.5. The van der Waals surface area contributed by atoms with Crippen LogP contribution in [-0.4, -0.2) is 56.1 Å². The number of para-hydroxylation sites is 1. The van der Waals surface area contributed by atoms with E-state index in [9.17, 15) is 9.59 Å². The van der Waals surface area contributed by atoms with Crippen molar-refractivity contribution in [3.8, 4) is 17.2 Å². The summed E-state index contributed by atoms with van der Waals surface area (Å²) >= 11 is 0. The fourth-order valence-corrected chi connectivity index (χ4v) is 3.63. The molecule has 0 unspecified atom stereocenters. The number of H-pyrrole nitrogens is 1. The number of amides is 2. The molecular formula is C22H23N3O5. The van der Waals surface area contributed by atoms with Gasteiger partial charge < -0.3 is 29.4 Å². The molecule has 2 heterocycles.